The van der Waals surface area contributed by atoms with Crippen molar-refractivity contribution in [3.63, 3.8) is 0 Å². The van der Waals surface area contributed by atoms with Gasteiger partial charge in [0.15, 0.2) is 0 Å². The highest BCUT2D eigenvalue weighted by molar-refractivity contribution is 7.99. The van der Waals surface area contributed by atoms with E-state index < -0.39 is 0 Å². The Morgan fingerprint density at radius 3 is 3.07 bits per heavy atom. The number of hydrogen-bond acceptors (Lipinski definition) is 4. The van der Waals surface area contributed by atoms with Crippen LogP contribution in [0.1, 0.15) is 26.7 Å². The summed E-state index contributed by atoms with van der Waals surface area (Å²) in [5, 5.41) is 0.713. The summed E-state index contributed by atoms with van der Waals surface area (Å²) < 4.78 is 0. The minimum atomic E-state index is -0.0683. The predicted octanol–water partition coefficient (Wildman–Crippen LogP) is 0.582. The fraction of sp³-hybridized carbons (Fsp3) is 0.900. The summed E-state index contributed by atoms with van der Waals surface area (Å²) in [5.74, 6) is 6.18. The van der Waals surface area contributed by atoms with Crippen LogP contribution in [0.25, 0.3) is 0 Å². The number of nitrogens with one attached hydrogen (secondary N) is 1. The Hall–Kier alpha value is -0.260. The van der Waals surface area contributed by atoms with Crippen molar-refractivity contribution in [2.24, 2.45) is 5.84 Å². The molecule has 1 rings (SSSR count). The number of hydrazine groups is 1. The third-order valence-electron chi connectivity index (χ3n) is 2.85. The lowest BCUT2D eigenvalue weighted by Crippen LogP contribution is -2.43. The van der Waals surface area contributed by atoms with Gasteiger partial charge in [-0.25, -0.2) is 5.84 Å². The Balaban J connectivity index is 2.26. The standard InChI is InChI=1S/C10H21N3OS/c1-8(3-4-10(14)12-11)13-5-6-15-9(2)7-13/h8-9H,3-7,11H2,1-2H3,(H,12,14). The van der Waals surface area contributed by atoms with Crippen LogP contribution in [0.4, 0.5) is 0 Å². The molecule has 0 saturated carbocycles. The Labute approximate surface area is 95.9 Å². The number of hydrogen-bond donors (Lipinski definition) is 2. The summed E-state index contributed by atoms with van der Waals surface area (Å²) in [6.45, 7) is 6.72. The molecule has 1 aliphatic heterocycles. The van der Waals surface area contributed by atoms with Crippen LogP contribution in [0.2, 0.25) is 0 Å². The first-order chi connectivity index (χ1) is 7.13. The lowest BCUT2D eigenvalue weighted by atomic mass is 10.1. The van der Waals surface area contributed by atoms with Crippen molar-refractivity contribution in [3.8, 4) is 0 Å². The maximum atomic E-state index is 11.0. The highest BCUT2D eigenvalue weighted by atomic mass is 32.2. The third kappa shape index (κ3) is 4.40. The van der Waals surface area contributed by atoms with Crippen LogP contribution in [-0.4, -0.2) is 40.9 Å². The van der Waals surface area contributed by atoms with E-state index in [4.69, 9.17) is 5.84 Å². The molecule has 0 aromatic carbocycles. The molecule has 5 heteroatoms. The van der Waals surface area contributed by atoms with Crippen molar-refractivity contribution < 1.29 is 4.79 Å². The van der Waals surface area contributed by atoms with Gasteiger partial charge in [-0.1, -0.05) is 6.92 Å². The van der Waals surface area contributed by atoms with Crippen LogP contribution in [0.5, 0.6) is 0 Å². The second-order valence-electron chi connectivity index (χ2n) is 4.13. The molecule has 0 aliphatic carbocycles. The van der Waals surface area contributed by atoms with Crippen LogP contribution >= 0.6 is 11.8 Å². The van der Waals surface area contributed by atoms with Crippen LogP contribution in [0.15, 0.2) is 0 Å². The van der Waals surface area contributed by atoms with Crippen molar-refractivity contribution >= 4 is 17.7 Å². The minimum Gasteiger partial charge on any atom is -0.299 e. The smallest absolute Gasteiger partial charge is 0.233 e. The quantitative estimate of drug-likeness (QED) is 0.422. The summed E-state index contributed by atoms with van der Waals surface area (Å²) in [7, 11) is 0. The molecule has 0 aromatic heterocycles. The molecule has 1 amide bonds. The predicted molar refractivity (Wildman–Crippen MR) is 64.5 cm³/mol. The molecule has 2 unspecified atom stereocenters. The van der Waals surface area contributed by atoms with Gasteiger partial charge in [0, 0.05) is 36.6 Å². The Bertz CT molecular complexity index is 213. The van der Waals surface area contributed by atoms with E-state index in [0.717, 1.165) is 19.5 Å². The van der Waals surface area contributed by atoms with Gasteiger partial charge in [0.25, 0.3) is 0 Å². The molecule has 15 heavy (non-hydrogen) atoms. The molecule has 88 valence electrons. The van der Waals surface area contributed by atoms with Gasteiger partial charge in [-0.3, -0.25) is 15.1 Å². The van der Waals surface area contributed by atoms with Gasteiger partial charge in [0.1, 0.15) is 0 Å². The van der Waals surface area contributed by atoms with Crippen LogP contribution < -0.4 is 11.3 Å². The molecule has 1 aliphatic rings. The number of nitrogens with two attached hydrogens (primary N) is 1. The van der Waals surface area contributed by atoms with E-state index in [2.05, 4.69) is 24.2 Å². The normalized spacial score (nSPS) is 24.9. The Morgan fingerprint density at radius 2 is 2.47 bits per heavy atom. The number of thioether (sulfide) groups is 1. The van der Waals surface area contributed by atoms with Crippen molar-refractivity contribution in [1.29, 1.82) is 0 Å². The summed E-state index contributed by atoms with van der Waals surface area (Å²) in [6, 6.07) is 0.477. The van der Waals surface area contributed by atoms with Crippen molar-refractivity contribution in [2.45, 2.75) is 38.0 Å². The van der Waals surface area contributed by atoms with E-state index in [1.165, 1.54) is 5.75 Å². The number of carbonyl (C=O) groups is 1. The first kappa shape index (κ1) is 12.8. The number of nitrogens with zero attached hydrogens (tertiary/aromatic N) is 1. The van der Waals surface area contributed by atoms with E-state index in [1.54, 1.807) is 0 Å². The maximum Gasteiger partial charge on any atom is 0.233 e. The third-order valence-corrected chi connectivity index (χ3v) is 3.98. The van der Waals surface area contributed by atoms with Crippen LogP contribution in [0.3, 0.4) is 0 Å². The minimum absolute atomic E-state index is 0.0683. The summed E-state index contributed by atoms with van der Waals surface area (Å²) >= 11 is 2.03. The molecular formula is C10H21N3OS. The number of amides is 1. The number of rotatable bonds is 4. The van der Waals surface area contributed by atoms with Gasteiger partial charge in [0.05, 0.1) is 0 Å². The Kier molecular flexibility index (Phi) is 5.42. The largest absolute Gasteiger partial charge is 0.299 e. The monoisotopic (exact) mass is 231 g/mol. The van der Waals surface area contributed by atoms with Gasteiger partial charge in [-0.2, -0.15) is 11.8 Å². The molecule has 0 spiro atoms. The van der Waals surface area contributed by atoms with Gasteiger partial charge < -0.3 is 0 Å². The SMILES string of the molecule is CC1CN(C(C)CCC(=O)NN)CCS1. The highest BCUT2D eigenvalue weighted by Gasteiger charge is 2.21. The van der Waals surface area contributed by atoms with E-state index in [9.17, 15) is 4.79 Å². The fourth-order valence-corrected chi connectivity index (χ4v) is 2.88. The highest BCUT2D eigenvalue weighted by Crippen LogP contribution is 2.20. The van der Waals surface area contributed by atoms with E-state index in [-0.39, 0.29) is 5.91 Å². The van der Waals surface area contributed by atoms with Crippen molar-refractivity contribution in [2.75, 3.05) is 18.8 Å². The van der Waals surface area contributed by atoms with Gasteiger partial charge in [0.2, 0.25) is 5.91 Å². The molecule has 3 N–H and O–H groups in total. The summed E-state index contributed by atoms with van der Waals surface area (Å²) in [6.07, 6.45) is 1.41. The first-order valence-corrected chi connectivity index (χ1v) is 6.53. The average molecular weight is 231 g/mol. The lowest BCUT2D eigenvalue weighted by Gasteiger charge is -2.35. The van der Waals surface area contributed by atoms with E-state index >= 15 is 0 Å². The van der Waals surface area contributed by atoms with Gasteiger partial charge >= 0.3 is 0 Å². The van der Waals surface area contributed by atoms with Crippen molar-refractivity contribution in [1.82, 2.24) is 10.3 Å². The van der Waals surface area contributed by atoms with Gasteiger partial charge in [-0.05, 0) is 13.3 Å². The molecule has 1 heterocycles. The second-order valence-corrected chi connectivity index (χ2v) is 5.68. The van der Waals surface area contributed by atoms with Crippen LogP contribution in [-0.2, 0) is 4.79 Å². The molecule has 0 radical (unpaired) electrons. The van der Waals surface area contributed by atoms with Crippen molar-refractivity contribution in [3.05, 3.63) is 0 Å². The van der Waals surface area contributed by atoms with Crippen LogP contribution in [0, 0.1) is 0 Å². The average Bonchev–Trinajstić information content (AvgIpc) is 2.25. The van der Waals surface area contributed by atoms with E-state index in [0.29, 0.717) is 17.7 Å². The molecule has 1 fully saturated rings. The molecule has 0 aromatic rings. The number of carbonyl (C=O) groups excluding carboxylic acids is 1. The summed E-state index contributed by atoms with van der Waals surface area (Å²) in [5.41, 5.74) is 2.17. The molecule has 1 saturated heterocycles. The zero-order valence-electron chi connectivity index (χ0n) is 9.53. The zero-order chi connectivity index (χ0) is 11.3. The van der Waals surface area contributed by atoms with E-state index in [1.807, 2.05) is 11.8 Å². The maximum absolute atomic E-state index is 11.0. The van der Waals surface area contributed by atoms with Gasteiger partial charge in [-0.15, -0.1) is 0 Å². The molecule has 2 atom stereocenters. The Morgan fingerprint density at radius 1 is 1.73 bits per heavy atom. The summed E-state index contributed by atoms with van der Waals surface area (Å²) in [4.78, 5) is 13.5. The zero-order valence-corrected chi connectivity index (χ0v) is 10.3. The molecular weight excluding hydrogens is 210 g/mol. The second kappa shape index (κ2) is 6.35. The molecule has 4 nitrogen and oxygen atoms in total. The lowest BCUT2D eigenvalue weighted by molar-refractivity contribution is -0.121. The topological polar surface area (TPSA) is 58.4 Å². The molecule has 0 bridgehead atoms. The fourth-order valence-electron chi connectivity index (χ4n) is 1.84. The first-order valence-electron chi connectivity index (χ1n) is 5.48.